The summed E-state index contributed by atoms with van der Waals surface area (Å²) in [6.07, 6.45) is 3.96. The fraction of sp³-hybridized carbons (Fsp3) is 0.750. The quantitative estimate of drug-likeness (QED) is 0.851. The first kappa shape index (κ1) is 14.2. The lowest BCUT2D eigenvalue weighted by Gasteiger charge is -2.21. The van der Waals surface area contributed by atoms with E-state index in [4.69, 9.17) is 0 Å². The van der Waals surface area contributed by atoms with Gasteiger partial charge in [-0.1, -0.05) is 6.42 Å². The van der Waals surface area contributed by atoms with Gasteiger partial charge in [-0.2, -0.15) is 26.7 Å². The molecule has 1 unspecified atom stereocenters. The van der Waals surface area contributed by atoms with Gasteiger partial charge >= 0.3 is 0 Å². The van der Waals surface area contributed by atoms with Crippen LogP contribution < -0.4 is 15.5 Å². The maximum atomic E-state index is 4.41. The Hall–Kier alpha value is -1.24. The number of anilines is 3. The third-order valence-corrected chi connectivity index (χ3v) is 4.41. The summed E-state index contributed by atoms with van der Waals surface area (Å²) in [5.41, 5.74) is 0. The molecule has 0 saturated carbocycles. The Morgan fingerprint density at radius 3 is 2.63 bits per heavy atom. The normalized spacial score (nSPS) is 19.0. The SMILES string of the molecule is CNc1nc(NCC2CCCCS2)nc(N(C)C)n1. The average molecular weight is 282 g/mol. The predicted octanol–water partition coefficient (Wildman–Crippen LogP) is 1.68. The summed E-state index contributed by atoms with van der Waals surface area (Å²) in [6, 6.07) is 0. The third kappa shape index (κ3) is 4.12. The van der Waals surface area contributed by atoms with Crippen LogP contribution in [-0.4, -0.2) is 53.6 Å². The minimum Gasteiger partial charge on any atom is -0.357 e. The summed E-state index contributed by atoms with van der Waals surface area (Å²) < 4.78 is 0. The molecule has 6 nitrogen and oxygen atoms in total. The number of nitrogens with one attached hydrogen (secondary N) is 2. The molecule has 0 spiro atoms. The van der Waals surface area contributed by atoms with Crippen molar-refractivity contribution in [1.82, 2.24) is 15.0 Å². The highest BCUT2D eigenvalue weighted by atomic mass is 32.2. The van der Waals surface area contributed by atoms with E-state index in [1.165, 1.54) is 25.0 Å². The van der Waals surface area contributed by atoms with Gasteiger partial charge in [0.15, 0.2) is 0 Å². The van der Waals surface area contributed by atoms with Crippen LogP contribution in [0.15, 0.2) is 0 Å². The lowest BCUT2D eigenvalue weighted by atomic mass is 10.2. The lowest BCUT2D eigenvalue weighted by molar-refractivity contribution is 0.676. The van der Waals surface area contributed by atoms with Gasteiger partial charge in [0.05, 0.1) is 0 Å². The highest BCUT2D eigenvalue weighted by Gasteiger charge is 2.14. The third-order valence-electron chi connectivity index (χ3n) is 3.01. The summed E-state index contributed by atoms with van der Waals surface area (Å²) in [4.78, 5) is 14.9. The molecule has 19 heavy (non-hydrogen) atoms. The Bertz CT molecular complexity index is 405. The van der Waals surface area contributed by atoms with Crippen LogP contribution in [0.1, 0.15) is 19.3 Å². The fourth-order valence-electron chi connectivity index (χ4n) is 1.93. The Labute approximate surface area is 118 Å². The maximum Gasteiger partial charge on any atom is 0.231 e. The van der Waals surface area contributed by atoms with Gasteiger partial charge in [-0.25, -0.2) is 0 Å². The zero-order valence-electron chi connectivity index (χ0n) is 11.8. The second-order valence-electron chi connectivity index (χ2n) is 4.80. The van der Waals surface area contributed by atoms with Crippen molar-refractivity contribution in [2.45, 2.75) is 24.5 Å². The zero-order chi connectivity index (χ0) is 13.7. The highest BCUT2D eigenvalue weighted by molar-refractivity contribution is 7.99. The first-order valence-corrected chi connectivity index (χ1v) is 7.70. The molecule has 1 aromatic rings. The molecule has 1 aliphatic heterocycles. The van der Waals surface area contributed by atoms with Crippen LogP contribution in [0.5, 0.6) is 0 Å². The van der Waals surface area contributed by atoms with Crippen molar-refractivity contribution >= 4 is 29.6 Å². The topological polar surface area (TPSA) is 66.0 Å². The van der Waals surface area contributed by atoms with Gasteiger partial charge < -0.3 is 15.5 Å². The van der Waals surface area contributed by atoms with E-state index in [1.54, 1.807) is 0 Å². The molecule has 0 aliphatic carbocycles. The summed E-state index contributed by atoms with van der Waals surface area (Å²) in [6.45, 7) is 0.921. The molecular formula is C12H22N6S. The molecule has 0 radical (unpaired) electrons. The van der Waals surface area contributed by atoms with Gasteiger partial charge in [0.25, 0.3) is 0 Å². The monoisotopic (exact) mass is 282 g/mol. The van der Waals surface area contributed by atoms with Crippen molar-refractivity contribution in [3.63, 3.8) is 0 Å². The first-order chi connectivity index (χ1) is 9.19. The van der Waals surface area contributed by atoms with Gasteiger partial charge in [-0.3, -0.25) is 0 Å². The molecule has 0 amide bonds. The molecule has 1 saturated heterocycles. The van der Waals surface area contributed by atoms with E-state index in [1.807, 2.05) is 37.8 Å². The van der Waals surface area contributed by atoms with Gasteiger partial charge in [0, 0.05) is 32.9 Å². The van der Waals surface area contributed by atoms with Gasteiger partial charge in [-0.15, -0.1) is 0 Å². The average Bonchev–Trinajstić information content (AvgIpc) is 2.45. The number of rotatable bonds is 5. The summed E-state index contributed by atoms with van der Waals surface area (Å²) in [7, 11) is 5.67. The largest absolute Gasteiger partial charge is 0.357 e. The van der Waals surface area contributed by atoms with Crippen LogP contribution >= 0.6 is 11.8 Å². The van der Waals surface area contributed by atoms with Gasteiger partial charge in [-0.05, 0) is 18.6 Å². The lowest BCUT2D eigenvalue weighted by Crippen LogP contribution is -2.22. The van der Waals surface area contributed by atoms with Crippen LogP contribution in [0.25, 0.3) is 0 Å². The Morgan fingerprint density at radius 1 is 1.21 bits per heavy atom. The highest BCUT2D eigenvalue weighted by Crippen LogP contribution is 2.25. The minimum absolute atomic E-state index is 0.595. The molecule has 1 fully saturated rings. The van der Waals surface area contributed by atoms with Crippen molar-refractivity contribution in [3.8, 4) is 0 Å². The smallest absolute Gasteiger partial charge is 0.231 e. The molecule has 106 valence electrons. The van der Waals surface area contributed by atoms with Gasteiger partial charge in [0.1, 0.15) is 0 Å². The second-order valence-corrected chi connectivity index (χ2v) is 6.20. The second kappa shape index (κ2) is 6.79. The van der Waals surface area contributed by atoms with Crippen LogP contribution in [0.4, 0.5) is 17.8 Å². The molecule has 2 N–H and O–H groups in total. The summed E-state index contributed by atoms with van der Waals surface area (Å²) >= 11 is 2.04. The van der Waals surface area contributed by atoms with E-state index in [0.29, 0.717) is 23.1 Å². The fourth-order valence-corrected chi connectivity index (χ4v) is 3.17. The standard InChI is InChI=1S/C12H22N6S/c1-13-10-15-11(17-12(16-10)18(2)3)14-8-9-6-4-5-7-19-9/h9H,4-8H2,1-3H3,(H2,13,14,15,16,17). The van der Waals surface area contributed by atoms with E-state index in [0.717, 1.165) is 6.54 Å². The van der Waals surface area contributed by atoms with Crippen LogP contribution in [0.2, 0.25) is 0 Å². The van der Waals surface area contributed by atoms with Crippen molar-refractivity contribution in [3.05, 3.63) is 0 Å². The van der Waals surface area contributed by atoms with Crippen molar-refractivity contribution < 1.29 is 0 Å². The number of thioether (sulfide) groups is 1. The number of hydrogen-bond acceptors (Lipinski definition) is 7. The Morgan fingerprint density at radius 2 is 2.00 bits per heavy atom. The zero-order valence-corrected chi connectivity index (χ0v) is 12.6. The summed E-state index contributed by atoms with van der Waals surface area (Å²) in [5, 5.41) is 6.97. The number of nitrogens with zero attached hydrogens (tertiary/aromatic N) is 4. The molecule has 2 rings (SSSR count). The Kier molecular flexibility index (Phi) is 5.07. The number of aromatic nitrogens is 3. The molecular weight excluding hydrogens is 260 g/mol. The molecule has 0 aromatic carbocycles. The molecule has 1 aliphatic rings. The van der Waals surface area contributed by atoms with E-state index in [2.05, 4.69) is 25.6 Å². The maximum absolute atomic E-state index is 4.41. The van der Waals surface area contributed by atoms with Gasteiger partial charge in [0.2, 0.25) is 17.8 Å². The van der Waals surface area contributed by atoms with E-state index >= 15 is 0 Å². The minimum atomic E-state index is 0.595. The van der Waals surface area contributed by atoms with Crippen LogP contribution in [-0.2, 0) is 0 Å². The van der Waals surface area contributed by atoms with Crippen molar-refractivity contribution in [2.24, 2.45) is 0 Å². The Balaban J connectivity index is 2.00. The number of hydrogen-bond donors (Lipinski definition) is 2. The molecule has 1 aromatic heterocycles. The van der Waals surface area contributed by atoms with Crippen molar-refractivity contribution in [2.75, 3.05) is 49.0 Å². The molecule has 1 atom stereocenters. The van der Waals surface area contributed by atoms with E-state index in [9.17, 15) is 0 Å². The first-order valence-electron chi connectivity index (χ1n) is 6.65. The summed E-state index contributed by atoms with van der Waals surface area (Å²) in [5.74, 6) is 3.18. The molecule has 7 heteroatoms. The predicted molar refractivity (Wildman–Crippen MR) is 82.3 cm³/mol. The molecule has 2 heterocycles. The van der Waals surface area contributed by atoms with Crippen LogP contribution in [0, 0.1) is 0 Å². The molecule has 0 bridgehead atoms. The van der Waals surface area contributed by atoms with Crippen molar-refractivity contribution in [1.29, 1.82) is 0 Å². The van der Waals surface area contributed by atoms with E-state index in [-0.39, 0.29) is 0 Å². The van der Waals surface area contributed by atoms with E-state index < -0.39 is 0 Å². The van der Waals surface area contributed by atoms with Crippen LogP contribution in [0.3, 0.4) is 0 Å².